The lowest BCUT2D eigenvalue weighted by atomic mass is 10.1. The van der Waals surface area contributed by atoms with Crippen LogP contribution in [-0.4, -0.2) is 81.1 Å². The van der Waals surface area contributed by atoms with Crippen molar-refractivity contribution in [2.24, 2.45) is 0 Å². The van der Waals surface area contributed by atoms with Gasteiger partial charge in [-0.3, -0.25) is 9.80 Å². The first-order valence-corrected chi connectivity index (χ1v) is 12.1. The number of nitrogens with zero attached hydrogens (tertiary/aromatic N) is 2. The Labute approximate surface area is 196 Å². The fourth-order valence-electron chi connectivity index (χ4n) is 5.06. The fourth-order valence-corrected chi connectivity index (χ4v) is 5.06. The summed E-state index contributed by atoms with van der Waals surface area (Å²) in [5.74, 6) is -0.997. The van der Waals surface area contributed by atoms with E-state index >= 15 is 0 Å². The van der Waals surface area contributed by atoms with Gasteiger partial charge in [0.05, 0.1) is 11.6 Å². The summed E-state index contributed by atoms with van der Waals surface area (Å²) < 4.78 is 17.1. The lowest BCUT2D eigenvalue weighted by Crippen LogP contribution is -2.47. The van der Waals surface area contributed by atoms with E-state index in [2.05, 4.69) is 0 Å². The van der Waals surface area contributed by atoms with Crippen LogP contribution in [0, 0.1) is 0 Å². The molecular weight excluding hydrogens is 428 g/mol. The van der Waals surface area contributed by atoms with Gasteiger partial charge in [0.15, 0.2) is 0 Å². The zero-order valence-electron chi connectivity index (χ0n) is 20.9. The molecule has 2 aliphatic heterocycles. The Balaban J connectivity index is 1.49. The second kappa shape index (κ2) is 9.31. The molecule has 9 nitrogen and oxygen atoms in total. The molecule has 3 aliphatic rings. The van der Waals surface area contributed by atoms with Crippen LogP contribution in [0.25, 0.3) is 0 Å². The highest BCUT2D eigenvalue weighted by molar-refractivity contribution is 5.81. The maximum Gasteiger partial charge on any atom is 0.411 e. The molecule has 33 heavy (non-hydrogen) atoms. The maximum absolute atomic E-state index is 12.7. The van der Waals surface area contributed by atoms with Crippen LogP contribution >= 0.6 is 0 Å². The van der Waals surface area contributed by atoms with Gasteiger partial charge in [0.1, 0.15) is 17.2 Å². The van der Waals surface area contributed by atoms with E-state index in [1.54, 1.807) is 20.8 Å². The van der Waals surface area contributed by atoms with E-state index < -0.39 is 29.3 Å². The molecule has 0 aromatic carbocycles. The van der Waals surface area contributed by atoms with E-state index in [4.69, 9.17) is 14.2 Å². The van der Waals surface area contributed by atoms with Crippen LogP contribution in [0.4, 0.5) is 9.59 Å². The molecule has 2 saturated heterocycles. The Hall–Kier alpha value is -2.03. The zero-order chi connectivity index (χ0) is 24.6. The molecule has 2 heterocycles. The first kappa shape index (κ1) is 25.6. The van der Waals surface area contributed by atoms with E-state index in [1.807, 2.05) is 25.7 Å². The summed E-state index contributed by atoms with van der Waals surface area (Å²) in [4.78, 5) is 40.2. The molecule has 9 heteroatoms. The second-order valence-corrected chi connectivity index (χ2v) is 11.5. The Morgan fingerprint density at radius 3 is 2.24 bits per heavy atom. The smallest absolute Gasteiger partial charge is 0.411 e. The first-order valence-electron chi connectivity index (χ1n) is 12.1. The topological polar surface area (TPSA) is 106 Å². The number of ether oxygens (including phenoxy) is 3. The number of rotatable bonds is 6. The quantitative estimate of drug-likeness (QED) is 0.583. The predicted octanol–water partition coefficient (Wildman–Crippen LogP) is 4.18. The number of aliphatic carboxylic acids is 1. The minimum atomic E-state index is -0.997. The molecule has 188 valence electrons. The van der Waals surface area contributed by atoms with Gasteiger partial charge in [-0.15, -0.1) is 0 Å². The number of amides is 2. The molecule has 1 N–H and O–H groups in total. The Morgan fingerprint density at radius 1 is 1.00 bits per heavy atom. The molecule has 3 fully saturated rings. The van der Waals surface area contributed by atoms with Gasteiger partial charge in [0.2, 0.25) is 0 Å². The Kier molecular flexibility index (Phi) is 7.22. The summed E-state index contributed by atoms with van der Waals surface area (Å²) in [5, 5.41) is 9.54. The summed E-state index contributed by atoms with van der Waals surface area (Å²) in [6, 6.07) is -1.03. The number of carbonyl (C=O) groups excluding carboxylic acids is 2. The van der Waals surface area contributed by atoms with E-state index in [9.17, 15) is 19.5 Å². The third-order valence-corrected chi connectivity index (χ3v) is 6.51. The molecule has 1 saturated carbocycles. The molecule has 1 spiro atoms. The van der Waals surface area contributed by atoms with Crippen molar-refractivity contribution in [2.45, 2.75) is 121 Å². The van der Waals surface area contributed by atoms with Gasteiger partial charge in [0.25, 0.3) is 0 Å². The van der Waals surface area contributed by atoms with Gasteiger partial charge >= 0.3 is 18.2 Å². The number of carbonyl (C=O) groups is 3. The van der Waals surface area contributed by atoms with E-state index in [1.165, 1.54) is 4.90 Å². The van der Waals surface area contributed by atoms with E-state index in [0.717, 1.165) is 19.3 Å². The minimum Gasteiger partial charge on any atom is -0.480 e. The molecular formula is C24H40N2O7. The van der Waals surface area contributed by atoms with Crippen LogP contribution in [0.15, 0.2) is 0 Å². The minimum absolute atomic E-state index is 0.00447. The molecule has 3 rings (SSSR count). The van der Waals surface area contributed by atoms with Crippen LogP contribution in [-0.2, 0) is 19.0 Å². The van der Waals surface area contributed by atoms with Crippen molar-refractivity contribution in [3.63, 3.8) is 0 Å². The summed E-state index contributed by atoms with van der Waals surface area (Å²) in [6.07, 6.45) is 4.27. The number of likely N-dealkylation sites (tertiary alicyclic amines) is 2. The average molecular weight is 469 g/mol. The fraction of sp³-hybridized carbons (Fsp3) is 0.875. The van der Waals surface area contributed by atoms with Crippen LogP contribution in [0.5, 0.6) is 0 Å². The first-order chi connectivity index (χ1) is 15.2. The lowest BCUT2D eigenvalue weighted by Gasteiger charge is -2.31. The summed E-state index contributed by atoms with van der Waals surface area (Å²) in [7, 11) is 0. The van der Waals surface area contributed by atoms with Crippen molar-refractivity contribution >= 4 is 18.2 Å². The van der Waals surface area contributed by atoms with Crippen molar-refractivity contribution in [2.75, 3.05) is 13.2 Å². The highest BCUT2D eigenvalue weighted by atomic mass is 16.6. The normalized spacial score (nSPS) is 29.5. The SMILES string of the molecule is CC(C)(C)OC(=O)N1C(CCCOC2CC23CCCN3C(=O)OC(C)(C)C)CC[C@H]1C(=O)O. The molecule has 0 bridgehead atoms. The number of hydrogen-bond acceptors (Lipinski definition) is 6. The molecule has 4 atom stereocenters. The summed E-state index contributed by atoms with van der Waals surface area (Å²) in [5.41, 5.74) is -1.45. The highest BCUT2D eigenvalue weighted by Crippen LogP contribution is 2.52. The van der Waals surface area contributed by atoms with Crippen LogP contribution < -0.4 is 0 Å². The second-order valence-electron chi connectivity index (χ2n) is 11.5. The molecule has 0 radical (unpaired) electrons. The van der Waals surface area contributed by atoms with Gasteiger partial charge in [-0.25, -0.2) is 14.4 Å². The zero-order valence-corrected chi connectivity index (χ0v) is 20.9. The van der Waals surface area contributed by atoms with Gasteiger partial charge in [0, 0.05) is 25.6 Å². The molecule has 0 aromatic heterocycles. The third-order valence-electron chi connectivity index (χ3n) is 6.51. The van der Waals surface area contributed by atoms with Crippen molar-refractivity contribution in [1.29, 1.82) is 0 Å². The lowest BCUT2D eigenvalue weighted by molar-refractivity contribution is -0.142. The van der Waals surface area contributed by atoms with Crippen LogP contribution in [0.1, 0.15) is 86.5 Å². The van der Waals surface area contributed by atoms with Gasteiger partial charge in [-0.05, 0) is 80.1 Å². The van der Waals surface area contributed by atoms with Gasteiger partial charge < -0.3 is 19.3 Å². The standard InChI is InChI=1S/C24H40N2O7/c1-22(2,3)32-20(29)25-13-8-12-24(25)15-18(24)31-14-7-9-16-10-11-17(19(27)28)26(16)21(30)33-23(4,5)6/h16-18H,7-15H2,1-6H3,(H,27,28)/t16?,17-,18?,24?/m0/s1. The van der Waals surface area contributed by atoms with Crippen molar-refractivity contribution in [3.05, 3.63) is 0 Å². The van der Waals surface area contributed by atoms with Crippen molar-refractivity contribution < 1.29 is 33.7 Å². The Morgan fingerprint density at radius 2 is 1.64 bits per heavy atom. The van der Waals surface area contributed by atoms with Crippen LogP contribution in [0.2, 0.25) is 0 Å². The van der Waals surface area contributed by atoms with E-state index in [-0.39, 0.29) is 23.8 Å². The van der Waals surface area contributed by atoms with E-state index in [0.29, 0.717) is 38.8 Å². The summed E-state index contributed by atoms with van der Waals surface area (Å²) >= 11 is 0. The third kappa shape index (κ3) is 6.11. The number of carboxylic acids is 1. The average Bonchev–Trinajstić information content (AvgIpc) is 2.99. The highest BCUT2D eigenvalue weighted by Gasteiger charge is 2.63. The number of carboxylic acid groups (broad SMARTS) is 1. The monoisotopic (exact) mass is 468 g/mol. The van der Waals surface area contributed by atoms with Gasteiger partial charge in [-0.1, -0.05) is 0 Å². The maximum atomic E-state index is 12.7. The van der Waals surface area contributed by atoms with Crippen LogP contribution in [0.3, 0.4) is 0 Å². The molecule has 1 aliphatic carbocycles. The molecule has 2 amide bonds. The molecule has 3 unspecified atom stereocenters. The van der Waals surface area contributed by atoms with Crippen molar-refractivity contribution in [1.82, 2.24) is 9.80 Å². The van der Waals surface area contributed by atoms with Crippen molar-refractivity contribution in [3.8, 4) is 0 Å². The number of hydrogen-bond donors (Lipinski definition) is 1. The van der Waals surface area contributed by atoms with Gasteiger partial charge in [-0.2, -0.15) is 0 Å². The largest absolute Gasteiger partial charge is 0.480 e. The predicted molar refractivity (Wildman–Crippen MR) is 121 cm³/mol. The molecule has 0 aromatic rings. The summed E-state index contributed by atoms with van der Waals surface area (Å²) in [6.45, 7) is 12.1. The Bertz CT molecular complexity index is 757.